The van der Waals surface area contributed by atoms with Crippen molar-refractivity contribution < 1.29 is 4.79 Å². The minimum Gasteiger partial charge on any atom is -0.330 e. The van der Waals surface area contributed by atoms with E-state index in [1.54, 1.807) is 0 Å². The molecule has 1 unspecified atom stereocenters. The van der Waals surface area contributed by atoms with Crippen LogP contribution in [0.15, 0.2) is 23.8 Å². The SMILES string of the molecule is C/C=C\C(=C/C)C(=O)CCCC(CC)CCN. The van der Waals surface area contributed by atoms with Crippen LogP contribution in [0.4, 0.5) is 0 Å². The molecule has 17 heavy (non-hydrogen) atoms. The highest BCUT2D eigenvalue weighted by molar-refractivity contribution is 5.97. The lowest BCUT2D eigenvalue weighted by molar-refractivity contribution is -0.115. The molecule has 0 aromatic heterocycles. The van der Waals surface area contributed by atoms with Crippen molar-refractivity contribution in [3.8, 4) is 0 Å². The van der Waals surface area contributed by atoms with E-state index in [4.69, 9.17) is 5.73 Å². The molecule has 0 aliphatic rings. The molecule has 0 rings (SSSR count). The number of ketones is 1. The van der Waals surface area contributed by atoms with Gasteiger partial charge in [-0.05, 0) is 45.6 Å². The summed E-state index contributed by atoms with van der Waals surface area (Å²) in [6, 6.07) is 0. The molecule has 0 spiro atoms. The fraction of sp³-hybridized carbons (Fsp3) is 0.667. The van der Waals surface area contributed by atoms with Gasteiger partial charge in [-0.25, -0.2) is 0 Å². The molecule has 1 atom stereocenters. The predicted octanol–water partition coefficient (Wildman–Crippen LogP) is 3.62. The largest absolute Gasteiger partial charge is 0.330 e. The topological polar surface area (TPSA) is 43.1 Å². The molecule has 0 saturated carbocycles. The zero-order valence-electron chi connectivity index (χ0n) is 11.5. The average Bonchev–Trinajstić information content (AvgIpc) is 2.34. The summed E-state index contributed by atoms with van der Waals surface area (Å²) in [5, 5.41) is 0. The Bertz CT molecular complexity index is 266. The zero-order chi connectivity index (χ0) is 13.1. The molecule has 0 bridgehead atoms. The van der Waals surface area contributed by atoms with Crippen LogP contribution in [0.1, 0.15) is 52.9 Å². The fourth-order valence-electron chi connectivity index (χ4n) is 2.01. The van der Waals surface area contributed by atoms with Crippen LogP contribution in [0.5, 0.6) is 0 Å². The minimum absolute atomic E-state index is 0.258. The van der Waals surface area contributed by atoms with Crippen LogP contribution in [-0.2, 0) is 4.79 Å². The van der Waals surface area contributed by atoms with Crippen LogP contribution in [0.25, 0.3) is 0 Å². The number of hydrogen-bond donors (Lipinski definition) is 1. The van der Waals surface area contributed by atoms with Crippen molar-refractivity contribution in [2.24, 2.45) is 11.7 Å². The van der Waals surface area contributed by atoms with Crippen LogP contribution < -0.4 is 5.73 Å². The van der Waals surface area contributed by atoms with E-state index in [9.17, 15) is 4.79 Å². The summed E-state index contributed by atoms with van der Waals surface area (Å²) in [7, 11) is 0. The fourth-order valence-corrected chi connectivity index (χ4v) is 2.01. The van der Waals surface area contributed by atoms with E-state index in [1.807, 2.05) is 32.1 Å². The Hall–Kier alpha value is -0.890. The van der Waals surface area contributed by atoms with Crippen molar-refractivity contribution in [1.29, 1.82) is 0 Å². The Labute approximate surface area is 106 Å². The summed E-state index contributed by atoms with van der Waals surface area (Å²) < 4.78 is 0. The lowest BCUT2D eigenvalue weighted by atomic mass is 9.94. The molecule has 0 heterocycles. The molecular formula is C15H27NO. The van der Waals surface area contributed by atoms with E-state index in [2.05, 4.69) is 6.92 Å². The van der Waals surface area contributed by atoms with Crippen molar-refractivity contribution >= 4 is 5.78 Å². The number of Topliss-reactive ketones (excluding diaryl/α,β-unsaturated/α-hetero) is 1. The van der Waals surface area contributed by atoms with Crippen molar-refractivity contribution in [2.45, 2.75) is 52.9 Å². The van der Waals surface area contributed by atoms with Crippen LogP contribution in [0.3, 0.4) is 0 Å². The normalized spacial score (nSPS) is 14.2. The standard InChI is InChI=1S/C15H27NO/c1-4-8-14(6-3)15(17)10-7-9-13(5-2)11-12-16/h4,6,8,13H,5,7,9-12,16H2,1-3H3/b8-4-,14-6+. The molecule has 0 aromatic carbocycles. The quantitative estimate of drug-likeness (QED) is 0.491. The summed E-state index contributed by atoms with van der Waals surface area (Å²) >= 11 is 0. The van der Waals surface area contributed by atoms with Gasteiger partial charge in [-0.1, -0.05) is 31.6 Å². The van der Waals surface area contributed by atoms with Crippen molar-refractivity contribution in [3.05, 3.63) is 23.8 Å². The van der Waals surface area contributed by atoms with Gasteiger partial charge in [-0.3, -0.25) is 4.79 Å². The second kappa shape index (κ2) is 10.3. The lowest BCUT2D eigenvalue weighted by Gasteiger charge is -2.12. The Morgan fingerprint density at radius 2 is 2.00 bits per heavy atom. The molecule has 0 aliphatic heterocycles. The molecule has 2 heteroatoms. The average molecular weight is 237 g/mol. The third kappa shape index (κ3) is 7.11. The minimum atomic E-state index is 0.258. The third-order valence-electron chi connectivity index (χ3n) is 3.15. The highest BCUT2D eigenvalue weighted by Gasteiger charge is 2.09. The first-order valence-electron chi connectivity index (χ1n) is 6.71. The Morgan fingerprint density at radius 3 is 2.47 bits per heavy atom. The maximum absolute atomic E-state index is 11.8. The zero-order valence-corrected chi connectivity index (χ0v) is 11.5. The van der Waals surface area contributed by atoms with Gasteiger partial charge in [0, 0.05) is 12.0 Å². The van der Waals surface area contributed by atoms with Crippen LogP contribution >= 0.6 is 0 Å². The highest BCUT2D eigenvalue weighted by atomic mass is 16.1. The molecule has 0 radical (unpaired) electrons. The molecular weight excluding hydrogens is 210 g/mol. The maximum atomic E-state index is 11.8. The molecule has 0 aliphatic carbocycles. The summed E-state index contributed by atoms with van der Waals surface area (Å²) in [5.74, 6) is 0.941. The Morgan fingerprint density at radius 1 is 1.29 bits per heavy atom. The van der Waals surface area contributed by atoms with Crippen molar-refractivity contribution in [2.75, 3.05) is 6.54 Å². The molecule has 98 valence electrons. The molecule has 0 saturated heterocycles. The van der Waals surface area contributed by atoms with Gasteiger partial charge in [0.25, 0.3) is 0 Å². The Kier molecular flexibility index (Phi) is 9.74. The van der Waals surface area contributed by atoms with Crippen molar-refractivity contribution in [1.82, 2.24) is 0 Å². The van der Waals surface area contributed by atoms with Gasteiger partial charge in [0.15, 0.2) is 5.78 Å². The number of nitrogens with two attached hydrogens (primary N) is 1. The van der Waals surface area contributed by atoms with Gasteiger partial charge in [0.1, 0.15) is 0 Å². The lowest BCUT2D eigenvalue weighted by Crippen LogP contribution is -2.09. The van der Waals surface area contributed by atoms with Gasteiger partial charge in [0.05, 0.1) is 0 Å². The van der Waals surface area contributed by atoms with Crippen LogP contribution in [0.2, 0.25) is 0 Å². The smallest absolute Gasteiger partial charge is 0.162 e. The molecule has 2 nitrogen and oxygen atoms in total. The highest BCUT2D eigenvalue weighted by Crippen LogP contribution is 2.17. The predicted molar refractivity (Wildman–Crippen MR) is 74.9 cm³/mol. The summed E-state index contributed by atoms with van der Waals surface area (Å²) in [6.45, 7) is 6.80. The second-order valence-electron chi connectivity index (χ2n) is 4.41. The monoisotopic (exact) mass is 237 g/mol. The van der Waals surface area contributed by atoms with Gasteiger partial charge >= 0.3 is 0 Å². The Balaban J connectivity index is 3.99. The van der Waals surface area contributed by atoms with Crippen molar-refractivity contribution in [3.63, 3.8) is 0 Å². The van der Waals surface area contributed by atoms with Gasteiger partial charge in [-0.2, -0.15) is 0 Å². The second-order valence-corrected chi connectivity index (χ2v) is 4.41. The number of carbonyl (C=O) groups is 1. The van der Waals surface area contributed by atoms with E-state index in [0.29, 0.717) is 12.3 Å². The maximum Gasteiger partial charge on any atom is 0.162 e. The van der Waals surface area contributed by atoms with E-state index in [-0.39, 0.29) is 5.78 Å². The molecule has 2 N–H and O–H groups in total. The molecule has 0 fully saturated rings. The molecule has 0 aromatic rings. The summed E-state index contributed by atoms with van der Waals surface area (Å²) in [6.07, 6.45) is 10.7. The third-order valence-corrected chi connectivity index (χ3v) is 3.15. The number of hydrogen-bond acceptors (Lipinski definition) is 2. The van der Waals surface area contributed by atoms with Gasteiger partial charge in [-0.15, -0.1) is 0 Å². The van der Waals surface area contributed by atoms with E-state index in [0.717, 1.165) is 37.8 Å². The van der Waals surface area contributed by atoms with E-state index < -0.39 is 0 Å². The number of carbonyl (C=O) groups excluding carboxylic acids is 1. The van der Waals surface area contributed by atoms with Gasteiger partial charge < -0.3 is 5.73 Å². The van der Waals surface area contributed by atoms with Crippen LogP contribution in [0, 0.1) is 5.92 Å². The first kappa shape index (κ1) is 16.1. The first-order valence-corrected chi connectivity index (χ1v) is 6.71. The van der Waals surface area contributed by atoms with E-state index in [1.165, 1.54) is 0 Å². The number of rotatable bonds is 9. The number of allylic oxidation sites excluding steroid dienone is 4. The van der Waals surface area contributed by atoms with Crippen LogP contribution in [-0.4, -0.2) is 12.3 Å². The van der Waals surface area contributed by atoms with E-state index >= 15 is 0 Å². The summed E-state index contributed by atoms with van der Waals surface area (Å²) in [5.41, 5.74) is 6.39. The van der Waals surface area contributed by atoms with Gasteiger partial charge in [0.2, 0.25) is 0 Å². The first-order chi connectivity index (χ1) is 8.19. The summed E-state index contributed by atoms with van der Waals surface area (Å²) in [4.78, 5) is 11.8. The molecule has 0 amide bonds.